The van der Waals surface area contributed by atoms with Crippen molar-refractivity contribution < 1.29 is 19.0 Å². The summed E-state index contributed by atoms with van der Waals surface area (Å²) in [6.07, 6.45) is -0.866. The maximum absolute atomic E-state index is 12.2. The van der Waals surface area contributed by atoms with E-state index in [0.717, 1.165) is 0 Å². The summed E-state index contributed by atoms with van der Waals surface area (Å²) in [7, 11) is 1.55. The molecule has 11 heteroatoms. The van der Waals surface area contributed by atoms with E-state index >= 15 is 0 Å². The summed E-state index contributed by atoms with van der Waals surface area (Å²) < 4.78 is 20.1. The van der Waals surface area contributed by atoms with Gasteiger partial charge in [0, 0.05) is 29.6 Å². The lowest BCUT2D eigenvalue weighted by atomic mass is 10.1. The summed E-state index contributed by atoms with van der Waals surface area (Å²) in [5, 5.41) is 2.60. The molecular weight excluding hydrogens is 443 g/mol. The van der Waals surface area contributed by atoms with Gasteiger partial charge in [-0.15, -0.1) is 0 Å². The first kappa shape index (κ1) is 16.9. The summed E-state index contributed by atoms with van der Waals surface area (Å²) in [5.74, 6) is -0.802. The van der Waals surface area contributed by atoms with Gasteiger partial charge in [-0.3, -0.25) is 9.36 Å². The number of rotatable bonds is 2. The summed E-state index contributed by atoms with van der Waals surface area (Å²) in [6, 6.07) is 0. The number of amides is 1. The number of hydrogen-bond donors (Lipinski definition) is 2. The van der Waals surface area contributed by atoms with Crippen molar-refractivity contribution in [3.63, 3.8) is 0 Å². The highest BCUT2D eigenvalue weighted by Crippen LogP contribution is 2.43. The fourth-order valence-corrected chi connectivity index (χ4v) is 3.74. The zero-order valence-corrected chi connectivity index (χ0v) is 15.9. The molecule has 0 unspecified atom stereocenters. The van der Waals surface area contributed by atoms with Crippen LogP contribution in [0.2, 0.25) is 0 Å². The normalized spacial score (nSPS) is 30.6. The molecule has 4 atom stereocenters. The van der Waals surface area contributed by atoms with Gasteiger partial charge in [-0.25, -0.2) is 15.0 Å². The Morgan fingerprint density at radius 2 is 2.08 bits per heavy atom. The number of nitrogens with zero attached hydrogens (tertiary/aromatic N) is 4. The molecule has 25 heavy (non-hydrogen) atoms. The Bertz CT molecular complexity index is 855. The van der Waals surface area contributed by atoms with Crippen molar-refractivity contribution >= 4 is 45.5 Å². The van der Waals surface area contributed by atoms with Crippen LogP contribution < -0.4 is 11.1 Å². The number of fused-ring (bicyclic) bond motifs is 2. The van der Waals surface area contributed by atoms with E-state index in [1.54, 1.807) is 31.8 Å². The van der Waals surface area contributed by atoms with Gasteiger partial charge < -0.3 is 25.3 Å². The number of ether oxygens (including phenoxy) is 3. The molecule has 10 nitrogen and oxygen atoms in total. The van der Waals surface area contributed by atoms with Crippen LogP contribution in [-0.4, -0.2) is 56.6 Å². The Labute approximate surface area is 156 Å². The molecule has 2 aliphatic heterocycles. The largest absolute Gasteiger partial charge is 0.382 e. The molecule has 4 heterocycles. The molecule has 0 aliphatic carbocycles. The van der Waals surface area contributed by atoms with Crippen molar-refractivity contribution in [2.24, 2.45) is 0 Å². The number of halogens is 1. The predicted octanol–water partition coefficient (Wildman–Crippen LogP) is 0.177. The van der Waals surface area contributed by atoms with Crippen molar-refractivity contribution in [2.45, 2.75) is 44.2 Å². The van der Waals surface area contributed by atoms with E-state index in [-0.39, 0.29) is 11.7 Å². The number of carbonyl (C=O) groups excluding carboxylic acids is 1. The lowest BCUT2D eigenvalue weighted by molar-refractivity contribution is -0.197. The van der Waals surface area contributed by atoms with Gasteiger partial charge in [-0.2, -0.15) is 0 Å². The lowest BCUT2D eigenvalue weighted by Crippen LogP contribution is -2.41. The summed E-state index contributed by atoms with van der Waals surface area (Å²) in [4.78, 5) is 25.0. The number of anilines is 1. The second-order valence-corrected chi connectivity index (χ2v) is 7.29. The van der Waals surface area contributed by atoms with Crippen LogP contribution in [0.15, 0.2) is 6.33 Å². The van der Waals surface area contributed by atoms with Crippen LogP contribution in [0.4, 0.5) is 5.82 Å². The maximum atomic E-state index is 12.2. The first-order valence-corrected chi connectivity index (χ1v) is 8.77. The number of nitrogen functional groups attached to an aromatic ring is 1. The number of hydrogen-bond acceptors (Lipinski definition) is 8. The van der Waals surface area contributed by atoms with E-state index in [9.17, 15) is 4.79 Å². The van der Waals surface area contributed by atoms with Crippen LogP contribution in [-0.2, 0) is 19.0 Å². The number of likely N-dealkylation sites (N-methyl/N-ethyl adjacent to an activating group) is 1. The molecule has 0 radical (unpaired) electrons. The fraction of sp³-hybridized carbons (Fsp3) is 0.571. The lowest BCUT2D eigenvalue weighted by Gasteiger charge is -2.24. The standard InChI is InChI=1S/C14H17IN6O4/c1-14(2)24-6-7(11(22)17-3)23-12(8(6)25-14)21-4-18-5-9(16)19-13(15)20-10(5)21/h4,6-8,12H,1-3H3,(H,17,22)(H2,16,19,20)/t6-,7+,8-,12-/m1/s1. The molecule has 0 bridgehead atoms. The van der Waals surface area contributed by atoms with Crippen LogP contribution in [0.3, 0.4) is 0 Å². The van der Waals surface area contributed by atoms with Crippen molar-refractivity contribution in [1.82, 2.24) is 24.8 Å². The van der Waals surface area contributed by atoms with E-state index in [2.05, 4.69) is 20.3 Å². The minimum absolute atomic E-state index is 0.271. The molecule has 0 spiro atoms. The minimum Gasteiger partial charge on any atom is -0.382 e. The Hall–Kier alpha value is -1.57. The van der Waals surface area contributed by atoms with E-state index in [1.165, 1.54) is 0 Å². The van der Waals surface area contributed by atoms with Gasteiger partial charge in [0.25, 0.3) is 5.91 Å². The van der Waals surface area contributed by atoms with E-state index < -0.39 is 30.3 Å². The van der Waals surface area contributed by atoms with E-state index in [4.69, 9.17) is 19.9 Å². The quantitative estimate of drug-likeness (QED) is 0.480. The third kappa shape index (κ3) is 2.65. The maximum Gasteiger partial charge on any atom is 0.251 e. The zero-order chi connectivity index (χ0) is 17.9. The van der Waals surface area contributed by atoms with Gasteiger partial charge in [-0.05, 0) is 13.8 Å². The average molecular weight is 460 g/mol. The Balaban J connectivity index is 1.79. The number of imidazole rings is 1. The monoisotopic (exact) mass is 460 g/mol. The third-order valence-electron chi connectivity index (χ3n) is 4.23. The van der Waals surface area contributed by atoms with Gasteiger partial charge in [-0.1, -0.05) is 0 Å². The number of carbonyl (C=O) groups is 1. The molecule has 1 amide bonds. The second-order valence-electron chi connectivity index (χ2n) is 6.33. The van der Waals surface area contributed by atoms with Crippen molar-refractivity contribution in [1.29, 1.82) is 0 Å². The fourth-order valence-electron chi connectivity index (χ4n) is 3.25. The van der Waals surface area contributed by atoms with Crippen molar-refractivity contribution in [3.05, 3.63) is 10.2 Å². The Morgan fingerprint density at radius 1 is 1.36 bits per heavy atom. The third-order valence-corrected chi connectivity index (χ3v) is 4.71. The smallest absolute Gasteiger partial charge is 0.251 e. The Kier molecular flexibility index (Phi) is 3.86. The number of aromatic nitrogens is 4. The first-order valence-electron chi connectivity index (χ1n) is 7.69. The van der Waals surface area contributed by atoms with Crippen LogP contribution in [0.5, 0.6) is 0 Å². The summed E-state index contributed by atoms with van der Waals surface area (Å²) >= 11 is 1.98. The van der Waals surface area contributed by atoms with Crippen LogP contribution >= 0.6 is 22.6 Å². The van der Waals surface area contributed by atoms with Crippen molar-refractivity contribution in [3.8, 4) is 0 Å². The number of nitrogens with one attached hydrogen (secondary N) is 1. The summed E-state index contributed by atoms with van der Waals surface area (Å²) in [6.45, 7) is 3.61. The molecule has 4 rings (SSSR count). The molecule has 0 saturated carbocycles. The number of nitrogens with two attached hydrogens (primary N) is 1. The second kappa shape index (κ2) is 5.72. The highest BCUT2D eigenvalue weighted by molar-refractivity contribution is 14.1. The molecule has 2 fully saturated rings. The highest BCUT2D eigenvalue weighted by Gasteiger charge is 2.58. The molecule has 134 valence electrons. The van der Waals surface area contributed by atoms with Crippen LogP contribution in [0.25, 0.3) is 11.2 Å². The SMILES string of the molecule is CNC(=O)[C@H]1O[C@@H](n2cnc3c(N)nc(I)nc32)[C@@H]2OC(C)(C)O[C@@H]21. The minimum atomic E-state index is -0.817. The summed E-state index contributed by atoms with van der Waals surface area (Å²) in [5.41, 5.74) is 6.92. The van der Waals surface area contributed by atoms with Gasteiger partial charge in [0.2, 0.25) is 0 Å². The van der Waals surface area contributed by atoms with Crippen molar-refractivity contribution in [2.75, 3.05) is 12.8 Å². The zero-order valence-electron chi connectivity index (χ0n) is 13.8. The van der Waals surface area contributed by atoms with Crippen LogP contribution in [0.1, 0.15) is 20.1 Å². The molecule has 2 aromatic rings. The average Bonchev–Trinajstić information content (AvgIpc) is 3.17. The van der Waals surface area contributed by atoms with Crippen LogP contribution in [0, 0.1) is 3.83 Å². The molecular formula is C14H17IN6O4. The topological polar surface area (TPSA) is 126 Å². The first-order chi connectivity index (χ1) is 11.8. The van der Waals surface area contributed by atoms with Gasteiger partial charge in [0.15, 0.2) is 33.4 Å². The predicted molar refractivity (Wildman–Crippen MR) is 94.3 cm³/mol. The molecule has 2 aromatic heterocycles. The van der Waals surface area contributed by atoms with Gasteiger partial charge in [0.05, 0.1) is 6.33 Å². The van der Waals surface area contributed by atoms with E-state index in [0.29, 0.717) is 15.0 Å². The van der Waals surface area contributed by atoms with Gasteiger partial charge in [0.1, 0.15) is 17.7 Å². The molecule has 0 aromatic carbocycles. The molecule has 3 N–H and O–H groups in total. The highest BCUT2D eigenvalue weighted by atomic mass is 127. The Morgan fingerprint density at radius 3 is 2.80 bits per heavy atom. The van der Waals surface area contributed by atoms with E-state index in [1.807, 2.05) is 22.6 Å². The molecule has 2 aliphatic rings. The molecule has 2 saturated heterocycles. The van der Waals surface area contributed by atoms with Gasteiger partial charge >= 0.3 is 0 Å².